The van der Waals surface area contributed by atoms with Crippen LogP contribution < -0.4 is 10.6 Å². The number of hydrogen-bond acceptors (Lipinski definition) is 6. The van der Waals surface area contributed by atoms with E-state index < -0.39 is 6.04 Å². The first-order chi connectivity index (χ1) is 13.9. The van der Waals surface area contributed by atoms with Crippen LogP contribution in [0.1, 0.15) is 36.1 Å². The first-order valence-electron chi connectivity index (χ1n) is 9.01. The molecule has 1 atom stereocenters. The van der Waals surface area contributed by atoms with Crippen LogP contribution >= 0.6 is 15.9 Å². The molecule has 0 aliphatic rings. The van der Waals surface area contributed by atoms with Crippen molar-refractivity contribution in [3.63, 3.8) is 0 Å². The molecule has 3 aromatic rings. The Kier molecular flexibility index (Phi) is 6.71. The lowest BCUT2D eigenvalue weighted by Crippen LogP contribution is -2.40. The lowest BCUT2D eigenvalue weighted by Gasteiger charge is -2.18. The van der Waals surface area contributed by atoms with Crippen molar-refractivity contribution in [2.75, 3.05) is 6.54 Å². The standard InChI is InChI=1S/C20H20BrN5O3/c1-12(2)17(20-25-18(26-29-20)14-6-4-8-22-10-14)24-16(27)11-23-19(28)13-5-3-7-15(21)9-13/h3-10,12,17H,11H2,1-2H3,(H,23,28)(H,24,27). The van der Waals surface area contributed by atoms with E-state index in [0.717, 1.165) is 10.0 Å². The Balaban J connectivity index is 1.62. The smallest absolute Gasteiger partial charge is 0.251 e. The zero-order chi connectivity index (χ0) is 20.8. The predicted octanol–water partition coefficient (Wildman–Crippen LogP) is 3.14. The van der Waals surface area contributed by atoms with E-state index in [1.54, 1.807) is 36.7 Å². The van der Waals surface area contributed by atoms with E-state index >= 15 is 0 Å². The second-order valence-electron chi connectivity index (χ2n) is 6.68. The minimum absolute atomic E-state index is 0.00179. The number of nitrogens with one attached hydrogen (secondary N) is 2. The first-order valence-corrected chi connectivity index (χ1v) is 9.80. The highest BCUT2D eigenvalue weighted by atomic mass is 79.9. The maximum Gasteiger partial charge on any atom is 0.251 e. The summed E-state index contributed by atoms with van der Waals surface area (Å²) in [5.41, 5.74) is 1.18. The highest BCUT2D eigenvalue weighted by molar-refractivity contribution is 9.10. The Morgan fingerprint density at radius 3 is 2.72 bits per heavy atom. The molecular weight excluding hydrogens is 438 g/mol. The van der Waals surface area contributed by atoms with E-state index in [0.29, 0.717) is 17.3 Å². The third-order valence-electron chi connectivity index (χ3n) is 4.11. The summed E-state index contributed by atoms with van der Waals surface area (Å²) in [6, 6.07) is 10.0. The Hall–Kier alpha value is -3.07. The Morgan fingerprint density at radius 2 is 2.03 bits per heavy atom. The van der Waals surface area contributed by atoms with Gasteiger partial charge in [-0.2, -0.15) is 4.98 Å². The van der Waals surface area contributed by atoms with Gasteiger partial charge in [0.05, 0.1) is 6.54 Å². The minimum atomic E-state index is -0.483. The van der Waals surface area contributed by atoms with Crippen molar-refractivity contribution < 1.29 is 14.1 Å². The molecule has 1 aromatic carbocycles. The third kappa shape index (κ3) is 5.47. The Morgan fingerprint density at radius 1 is 1.21 bits per heavy atom. The molecule has 1 unspecified atom stereocenters. The van der Waals surface area contributed by atoms with Crippen molar-refractivity contribution in [3.05, 3.63) is 64.7 Å². The van der Waals surface area contributed by atoms with Crippen molar-refractivity contribution in [2.24, 2.45) is 5.92 Å². The number of aromatic nitrogens is 3. The molecule has 9 heteroatoms. The lowest BCUT2D eigenvalue weighted by molar-refractivity contribution is -0.121. The summed E-state index contributed by atoms with van der Waals surface area (Å²) in [4.78, 5) is 33.0. The second kappa shape index (κ2) is 9.42. The third-order valence-corrected chi connectivity index (χ3v) is 4.60. The monoisotopic (exact) mass is 457 g/mol. The van der Waals surface area contributed by atoms with Crippen LogP contribution in [0.4, 0.5) is 0 Å². The SMILES string of the molecule is CC(C)C(NC(=O)CNC(=O)c1cccc(Br)c1)c1nc(-c2cccnc2)no1. The van der Waals surface area contributed by atoms with Gasteiger partial charge in [0.2, 0.25) is 17.6 Å². The van der Waals surface area contributed by atoms with Crippen molar-refractivity contribution in [3.8, 4) is 11.4 Å². The molecule has 0 saturated carbocycles. The average Bonchev–Trinajstić information content (AvgIpc) is 3.20. The van der Waals surface area contributed by atoms with E-state index in [4.69, 9.17) is 4.52 Å². The molecule has 0 bridgehead atoms. The molecule has 2 N–H and O–H groups in total. The van der Waals surface area contributed by atoms with E-state index in [9.17, 15) is 9.59 Å². The zero-order valence-electron chi connectivity index (χ0n) is 15.9. The summed E-state index contributed by atoms with van der Waals surface area (Å²) in [6.45, 7) is 3.69. The van der Waals surface area contributed by atoms with Gasteiger partial charge in [-0.3, -0.25) is 14.6 Å². The number of carbonyl (C=O) groups is 2. The van der Waals surface area contributed by atoms with Gasteiger partial charge in [-0.25, -0.2) is 0 Å². The molecule has 0 spiro atoms. The number of nitrogens with zero attached hydrogens (tertiary/aromatic N) is 3. The van der Waals surface area contributed by atoms with E-state index in [2.05, 4.69) is 41.7 Å². The van der Waals surface area contributed by atoms with E-state index in [1.165, 1.54) is 0 Å². The summed E-state index contributed by atoms with van der Waals surface area (Å²) in [5.74, 6) is 0.00998. The first kappa shape index (κ1) is 20.7. The van der Waals surface area contributed by atoms with Gasteiger partial charge in [0.15, 0.2) is 0 Å². The van der Waals surface area contributed by atoms with Crippen LogP contribution in [0.25, 0.3) is 11.4 Å². The summed E-state index contributed by atoms with van der Waals surface area (Å²) >= 11 is 3.32. The summed E-state index contributed by atoms with van der Waals surface area (Å²) < 4.78 is 6.14. The number of benzene rings is 1. The van der Waals surface area contributed by atoms with Gasteiger partial charge in [-0.05, 0) is 36.2 Å². The van der Waals surface area contributed by atoms with Crippen molar-refractivity contribution in [2.45, 2.75) is 19.9 Å². The predicted molar refractivity (Wildman–Crippen MR) is 110 cm³/mol. The summed E-state index contributed by atoms with van der Waals surface area (Å²) in [7, 11) is 0. The van der Waals surface area contributed by atoms with Crippen LogP contribution in [0.3, 0.4) is 0 Å². The molecule has 2 amide bonds. The largest absolute Gasteiger partial charge is 0.343 e. The van der Waals surface area contributed by atoms with Gasteiger partial charge in [-0.1, -0.05) is 41.0 Å². The second-order valence-corrected chi connectivity index (χ2v) is 7.60. The van der Waals surface area contributed by atoms with Crippen LogP contribution in [0.15, 0.2) is 57.8 Å². The number of rotatable bonds is 7. The lowest BCUT2D eigenvalue weighted by atomic mass is 10.0. The highest BCUT2D eigenvalue weighted by Gasteiger charge is 2.25. The fourth-order valence-electron chi connectivity index (χ4n) is 2.60. The summed E-state index contributed by atoms with van der Waals surface area (Å²) in [5, 5.41) is 9.41. The molecule has 0 fully saturated rings. The molecular formula is C20H20BrN5O3. The molecule has 2 aromatic heterocycles. The number of amides is 2. The van der Waals surface area contributed by atoms with Crippen LogP contribution in [-0.4, -0.2) is 33.5 Å². The normalized spacial score (nSPS) is 11.9. The fourth-order valence-corrected chi connectivity index (χ4v) is 3.00. The van der Waals surface area contributed by atoms with Crippen molar-refractivity contribution in [1.82, 2.24) is 25.8 Å². The fraction of sp³-hybridized carbons (Fsp3) is 0.250. The molecule has 8 nitrogen and oxygen atoms in total. The van der Waals surface area contributed by atoms with E-state index in [-0.39, 0.29) is 24.3 Å². The number of hydrogen-bond donors (Lipinski definition) is 2. The van der Waals surface area contributed by atoms with Gasteiger partial charge < -0.3 is 15.2 Å². The molecule has 2 heterocycles. The summed E-state index contributed by atoms with van der Waals surface area (Å²) in [6.07, 6.45) is 3.29. The number of halogens is 1. The van der Waals surface area contributed by atoms with Gasteiger partial charge in [0.25, 0.3) is 5.91 Å². The van der Waals surface area contributed by atoms with Crippen molar-refractivity contribution >= 4 is 27.7 Å². The molecule has 0 aliphatic carbocycles. The molecule has 0 aliphatic heterocycles. The number of carbonyl (C=O) groups excluding carboxylic acids is 2. The maximum atomic E-state index is 12.4. The van der Waals surface area contributed by atoms with Crippen molar-refractivity contribution in [1.29, 1.82) is 0 Å². The maximum absolute atomic E-state index is 12.4. The van der Waals surface area contributed by atoms with Gasteiger partial charge in [-0.15, -0.1) is 0 Å². The minimum Gasteiger partial charge on any atom is -0.343 e. The van der Waals surface area contributed by atoms with Gasteiger partial charge in [0, 0.05) is 28.0 Å². The van der Waals surface area contributed by atoms with E-state index in [1.807, 2.05) is 26.0 Å². The molecule has 0 radical (unpaired) electrons. The van der Waals surface area contributed by atoms with Gasteiger partial charge >= 0.3 is 0 Å². The zero-order valence-corrected chi connectivity index (χ0v) is 17.5. The number of pyridine rings is 1. The van der Waals surface area contributed by atoms with Gasteiger partial charge in [0.1, 0.15) is 6.04 Å². The van der Waals surface area contributed by atoms with Crippen LogP contribution in [0.2, 0.25) is 0 Å². The van der Waals surface area contributed by atoms with Crippen LogP contribution in [0, 0.1) is 5.92 Å². The molecule has 150 valence electrons. The van der Waals surface area contributed by atoms with Crippen LogP contribution in [-0.2, 0) is 4.79 Å². The quantitative estimate of drug-likeness (QED) is 0.563. The Bertz CT molecular complexity index is 991. The highest BCUT2D eigenvalue weighted by Crippen LogP contribution is 2.23. The topological polar surface area (TPSA) is 110 Å². The molecule has 29 heavy (non-hydrogen) atoms. The van der Waals surface area contributed by atoms with Crippen LogP contribution in [0.5, 0.6) is 0 Å². The Labute approximate surface area is 176 Å². The molecule has 0 saturated heterocycles. The average molecular weight is 458 g/mol. The molecule has 3 rings (SSSR count).